The predicted molar refractivity (Wildman–Crippen MR) is 125 cm³/mol. The van der Waals surface area contributed by atoms with Crippen LogP contribution in [0.3, 0.4) is 0 Å². The largest absolute Gasteiger partial charge is 0.326 e. The van der Waals surface area contributed by atoms with Crippen molar-refractivity contribution >= 4 is 29.1 Å². The van der Waals surface area contributed by atoms with E-state index in [1.54, 1.807) is 36.7 Å². The highest BCUT2D eigenvalue weighted by atomic mass is 32.2. The normalized spacial score (nSPS) is 10.7. The second kappa shape index (κ2) is 9.57. The number of nitrogens with zero attached hydrogens (tertiary/aromatic N) is 4. The summed E-state index contributed by atoms with van der Waals surface area (Å²) in [7, 11) is 0. The van der Waals surface area contributed by atoms with Gasteiger partial charge in [-0.25, -0.2) is 0 Å². The Morgan fingerprint density at radius 3 is 2.28 bits per heavy atom. The summed E-state index contributed by atoms with van der Waals surface area (Å²) in [4.78, 5) is 28.0. The van der Waals surface area contributed by atoms with Gasteiger partial charge in [-0.2, -0.15) is 0 Å². The first kappa shape index (κ1) is 21.5. The van der Waals surface area contributed by atoms with Crippen LogP contribution in [-0.2, 0) is 4.79 Å². The van der Waals surface area contributed by atoms with Crippen LogP contribution in [0.1, 0.15) is 22.8 Å². The van der Waals surface area contributed by atoms with E-state index < -0.39 is 0 Å². The molecule has 0 aliphatic carbocycles. The second-order valence-electron chi connectivity index (χ2n) is 7.18. The molecule has 4 aromatic rings. The third-order valence-electron chi connectivity index (χ3n) is 4.72. The number of amides is 1. The van der Waals surface area contributed by atoms with Gasteiger partial charge in [0.25, 0.3) is 0 Å². The Balaban J connectivity index is 1.58. The Morgan fingerprint density at radius 2 is 1.62 bits per heavy atom. The van der Waals surface area contributed by atoms with Crippen molar-refractivity contribution in [1.82, 2.24) is 19.7 Å². The number of ketones is 1. The van der Waals surface area contributed by atoms with Gasteiger partial charge in [0.05, 0.1) is 5.75 Å². The average Bonchev–Trinajstić information content (AvgIpc) is 3.22. The SMILES string of the molecule is CC(=O)Nc1ccc(C(=O)CSc2nnc(-c3ccncc3)n2-c2ccc(C)cc2)cc1. The third kappa shape index (κ3) is 4.92. The fourth-order valence-electron chi connectivity index (χ4n) is 3.13. The number of nitrogens with one attached hydrogen (secondary N) is 1. The number of aromatic nitrogens is 4. The lowest BCUT2D eigenvalue weighted by Crippen LogP contribution is -2.07. The van der Waals surface area contributed by atoms with E-state index in [9.17, 15) is 9.59 Å². The number of benzene rings is 2. The Bertz CT molecular complexity index is 1240. The summed E-state index contributed by atoms with van der Waals surface area (Å²) >= 11 is 1.33. The number of carbonyl (C=O) groups is 2. The number of rotatable bonds is 7. The lowest BCUT2D eigenvalue weighted by molar-refractivity contribution is -0.114. The maximum absolute atomic E-state index is 12.7. The average molecular weight is 444 g/mol. The Morgan fingerprint density at radius 1 is 0.938 bits per heavy atom. The van der Waals surface area contributed by atoms with E-state index in [1.165, 1.54) is 18.7 Å². The standard InChI is InChI=1S/C24H21N5O2S/c1-16-3-9-21(10-4-16)29-23(19-11-13-25-14-12-19)27-28-24(29)32-15-22(31)18-5-7-20(8-6-18)26-17(2)30/h3-14H,15H2,1-2H3,(H,26,30). The molecule has 8 heteroatoms. The van der Waals surface area contributed by atoms with Crippen molar-refractivity contribution in [1.29, 1.82) is 0 Å². The van der Waals surface area contributed by atoms with Crippen molar-refractivity contribution in [2.24, 2.45) is 0 Å². The monoisotopic (exact) mass is 443 g/mol. The lowest BCUT2D eigenvalue weighted by atomic mass is 10.1. The molecular formula is C24H21N5O2S. The van der Waals surface area contributed by atoms with Gasteiger partial charge in [0, 0.05) is 41.8 Å². The van der Waals surface area contributed by atoms with Gasteiger partial charge in [-0.15, -0.1) is 10.2 Å². The molecule has 1 N–H and O–H groups in total. The fourth-order valence-corrected chi connectivity index (χ4v) is 3.98. The molecule has 0 spiro atoms. The summed E-state index contributed by atoms with van der Waals surface area (Å²) in [5, 5.41) is 12.1. The molecule has 0 bridgehead atoms. The van der Waals surface area contributed by atoms with Gasteiger partial charge in [-0.3, -0.25) is 19.1 Å². The molecule has 0 aliphatic rings. The summed E-state index contributed by atoms with van der Waals surface area (Å²) in [5.41, 5.74) is 4.19. The number of hydrogen-bond acceptors (Lipinski definition) is 6. The van der Waals surface area contributed by atoms with Crippen LogP contribution in [-0.4, -0.2) is 37.2 Å². The molecule has 0 fully saturated rings. The first-order valence-corrected chi connectivity index (χ1v) is 11.0. The van der Waals surface area contributed by atoms with Crippen molar-refractivity contribution in [2.45, 2.75) is 19.0 Å². The van der Waals surface area contributed by atoms with E-state index in [0.29, 0.717) is 22.2 Å². The van der Waals surface area contributed by atoms with E-state index in [-0.39, 0.29) is 17.4 Å². The number of pyridine rings is 1. The zero-order valence-electron chi connectivity index (χ0n) is 17.6. The molecule has 32 heavy (non-hydrogen) atoms. The van der Waals surface area contributed by atoms with Crippen LogP contribution < -0.4 is 5.32 Å². The highest BCUT2D eigenvalue weighted by Crippen LogP contribution is 2.28. The molecule has 1 amide bonds. The highest BCUT2D eigenvalue weighted by molar-refractivity contribution is 7.99. The fraction of sp³-hybridized carbons (Fsp3) is 0.125. The summed E-state index contributed by atoms with van der Waals surface area (Å²) < 4.78 is 1.95. The lowest BCUT2D eigenvalue weighted by Gasteiger charge is -2.10. The molecule has 0 saturated heterocycles. The van der Waals surface area contributed by atoms with E-state index in [0.717, 1.165) is 16.8 Å². The summed E-state index contributed by atoms with van der Waals surface area (Å²) in [6, 6.07) is 18.7. The van der Waals surface area contributed by atoms with Crippen LogP contribution in [0.15, 0.2) is 78.2 Å². The molecule has 4 rings (SSSR count). The van der Waals surface area contributed by atoms with Gasteiger partial charge in [-0.05, 0) is 55.5 Å². The Kier molecular flexibility index (Phi) is 6.42. The van der Waals surface area contributed by atoms with Crippen molar-refractivity contribution in [3.05, 3.63) is 84.2 Å². The maximum Gasteiger partial charge on any atom is 0.221 e. The van der Waals surface area contributed by atoms with Gasteiger partial charge in [0.15, 0.2) is 16.8 Å². The Labute approximate surface area is 189 Å². The smallest absolute Gasteiger partial charge is 0.221 e. The van der Waals surface area contributed by atoms with E-state index in [4.69, 9.17) is 0 Å². The van der Waals surface area contributed by atoms with Crippen LogP contribution in [0.25, 0.3) is 17.1 Å². The minimum absolute atomic E-state index is 0.0340. The first-order chi connectivity index (χ1) is 15.5. The maximum atomic E-state index is 12.7. The molecule has 2 heterocycles. The van der Waals surface area contributed by atoms with Gasteiger partial charge < -0.3 is 5.32 Å². The van der Waals surface area contributed by atoms with Gasteiger partial charge in [0.2, 0.25) is 5.91 Å². The molecular weight excluding hydrogens is 422 g/mol. The molecule has 7 nitrogen and oxygen atoms in total. The minimum Gasteiger partial charge on any atom is -0.326 e. The van der Waals surface area contributed by atoms with Crippen LogP contribution in [0.5, 0.6) is 0 Å². The Hall–Kier alpha value is -3.78. The molecule has 0 atom stereocenters. The number of aryl methyl sites for hydroxylation is 1. The van der Waals surface area contributed by atoms with Crippen LogP contribution in [0.2, 0.25) is 0 Å². The second-order valence-corrected chi connectivity index (χ2v) is 8.13. The zero-order chi connectivity index (χ0) is 22.5. The zero-order valence-corrected chi connectivity index (χ0v) is 18.5. The number of carbonyl (C=O) groups excluding carboxylic acids is 2. The van der Waals surface area contributed by atoms with Gasteiger partial charge in [-0.1, -0.05) is 29.5 Å². The summed E-state index contributed by atoms with van der Waals surface area (Å²) in [5.74, 6) is 0.707. The van der Waals surface area contributed by atoms with E-state index >= 15 is 0 Å². The molecule has 0 saturated carbocycles. The number of thioether (sulfide) groups is 1. The number of Topliss-reactive ketones (excluding diaryl/α,β-unsaturated/α-hetero) is 1. The van der Waals surface area contributed by atoms with Crippen molar-refractivity contribution < 1.29 is 9.59 Å². The molecule has 0 radical (unpaired) electrons. The predicted octanol–water partition coefficient (Wildman–Crippen LogP) is 4.57. The van der Waals surface area contributed by atoms with Crippen molar-refractivity contribution in [3.8, 4) is 17.1 Å². The van der Waals surface area contributed by atoms with Gasteiger partial charge in [0.1, 0.15) is 0 Å². The third-order valence-corrected chi connectivity index (χ3v) is 5.65. The topological polar surface area (TPSA) is 89.8 Å². The molecule has 2 aromatic heterocycles. The quantitative estimate of drug-likeness (QED) is 0.332. The highest BCUT2D eigenvalue weighted by Gasteiger charge is 2.18. The van der Waals surface area contributed by atoms with Crippen LogP contribution >= 0.6 is 11.8 Å². The van der Waals surface area contributed by atoms with E-state index in [2.05, 4.69) is 20.5 Å². The van der Waals surface area contributed by atoms with E-state index in [1.807, 2.05) is 47.9 Å². The van der Waals surface area contributed by atoms with Gasteiger partial charge >= 0.3 is 0 Å². The molecule has 0 aliphatic heterocycles. The van der Waals surface area contributed by atoms with Crippen LogP contribution in [0.4, 0.5) is 5.69 Å². The van der Waals surface area contributed by atoms with Crippen molar-refractivity contribution in [2.75, 3.05) is 11.1 Å². The summed E-state index contributed by atoms with van der Waals surface area (Å²) in [6.07, 6.45) is 3.43. The minimum atomic E-state index is -0.153. The molecule has 2 aromatic carbocycles. The number of hydrogen-bond donors (Lipinski definition) is 1. The molecule has 160 valence electrons. The molecule has 0 unspecified atom stereocenters. The first-order valence-electron chi connectivity index (χ1n) is 9.98. The number of anilines is 1. The summed E-state index contributed by atoms with van der Waals surface area (Å²) in [6.45, 7) is 3.48. The van der Waals surface area contributed by atoms with Crippen molar-refractivity contribution in [3.63, 3.8) is 0 Å². The van der Waals surface area contributed by atoms with Crippen LogP contribution in [0, 0.1) is 6.92 Å².